The van der Waals surface area contributed by atoms with E-state index >= 15 is 0 Å². The maximum Gasteiger partial charge on any atom is 0.0346 e. The van der Waals surface area contributed by atoms with Gasteiger partial charge in [-0.1, -0.05) is 25.1 Å². The van der Waals surface area contributed by atoms with Gasteiger partial charge in [0, 0.05) is 24.5 Å². The fourth-order valence-corrected chi connectivity index (χ4v) is 2.52. The van der Waals surface area contributed by atoms with Crippen molar-refractivity contribution in [2.24, 2.45) is 5.73 Å². The summed E-state index contributed by atoms with van der Waals surface area (Å²) >= 11 is 0. The number of benzene rings is 1. The van der Waals surface area contributed by atoms with Gasteiger partial charge in [-0.15, -0.1) is 0 Å². The quantitative estimate of drug-likeness (QED) is 0.884. The number of hydrogen-bond donors (Lipinski definition) is 1. The van der Waals surface area contributed by atoms with Crippen molar-refractivity contribution in [3.8, 4) is 11.1 Å². The van der Waals surface area contributed by atoms with Crippen LogP contribution >= 0.6 is 0 Å². The summed E-state index contributed by atoms with van der Waals surface area (Å²) in [7, 11) is 4.17. The molecule has 2 N–H and O–H groups in total. The van der Waals surface area contributed by atoms with Crippen LogP contribution in [0.15, 0.2) is 42.7 Å². The van der Waals surface area contributed by atoms with Crippen LogP contribution in [0.3, 0.4) is 0 Å². The summed E-state index contributed by atoms with van der Waals surface area (Å²) in [6.07, 6.45) is 4.88. The predicted molar refractivity (Wildman–Crippen MR) is 89.2 cm³/mol. The molecule has 1 atom stereocenters. The summed E-state index contributed by atoms with van der Waals surface area (Å²) < 4.78 is 0. The number of hydrogen-bond acceptors (Lipinski definition) is 3. The minimum Gasteiger partial charge on any atom is -0.330 e. The van der Waals surface area contributed by atoms with Crippen molar-refractivity contribution >= 4 is 0 Å². The molecule has 3 heteroatoms. The first-order valence-corrected chi connectivity index (χ1v) is 7.49. The Labute approximate surface area is 127 Å². The van der Waals surface area contributed by atoms with E-state index in [4.69, 9.17) is 5.73 Å². The molecule has 1 heterocycles. The summed E-state index contributed by atoms with van der Waals surface area (Å²) in [6, 6.07) is 10.9. The Morgan fingerprint density at radius 3 is 2.67 bits per heavy atom. The van der Waals surface area contributed by atoms with Gasteiger partial charge in [0.2, 0.25) is 0 Å². The van der Waals surface area contributed by atoms with Crippen LogP contribution in [0.4, 0.5) is 0 Å². The minimum absolute atomic E-state index is 0.451. The minimum atomic E-state index is 0.451. The molecule has 0 fully saturated rings. The average molecular weight is 283 g/mol. The van der Waals surface area contributed by atoms with E-state index in [1.54, 1.807) is 0 Å². The first-order valence-electron chi connectivity index (χ1n) is 7.49. The lowest BCUT2D eigenvalue weighted by molar-refractivity contribution is 0.402. The summed E-state index contributed by atoms with van der Waals surface area (Å²) in [5.41, 5.74) is 10.6. The standard InChI is InChI=1S/C18H25N3/c1-14(7-8-19)17-10-18(12-20-11-17)16-6-4-5-15(9-16)13-21(2)3/h4-6,9-12,14H,7-8,13,19H2,1-3H3. The molecule has 1 aromatic heterocycles. The average Bonchev–Trinajstić information content (AvgIpc) is 2.47. The predicted octanol–water partition coefficient (Wildman–Crippen LogP) is 3.26. The third-order valence-corrected chi connectivity index (χ3v) is 3.69. The molecule has 0 saturated carbocycles. The second-order valence-corrected chi connectivity index (χ2v) is 5.92. The van der Waals surface area contributed by atoms with E-state index in [0.717, 1.165) is 13.0 Å². The van der Waals surface area contributed by atoms with E-state index < -0.39 is 0 Å². The molecule has 0 aliphatic rings. The Morgan fingerprint density at radius 1 is 1.14 bits per heavy atom. The molecule has 2 rings (SSSR count). The Morgan fingerprint density at radius 2 is 1.95 bits per heavy atom. The van der Waals surface area contributed by atoms with E-state index in [1.807, 2.05) is 12.4 Å². The molecule has 0 amide bonds. The van der Waals surface area contributed by atoms with Gasteiger partial charge in [-0.2, -0.15) is 0 Å². The van der Waals surface area contributed by atoms with Gasteiger partial charge in [-0.25, -0.2) is 0 Å². The van der Waals surface area contributed by atoms with Crippen LogP contribution in [-0.2, 0) is 6.54 Å². The third kappa shape index (κ3) is 4.38. The van der Waals surface area contributed by atoms with Crippen LogP contribution in [0, 0.1) is 0 Å². The number of pyridine rings is 1. The molecule has 0 radical (unpaired) electrons. The number of aromatic nitrogens is 1. The summed E-state index contributed by atoms with van der Waals surface area (Å²) in [5.74, 6) is 0.451. The SMILES string of the molecule is CC(CCN)c1cncc(-c2cccc(CN(C)C)c2)c1. The van der Waals surface area contributed by atoms with E-state index in [9.17, 15) is 0 Å². The topological polar surface area (TPSA) is 42.1 Å². The fraction of sp³-hybridized carbons (Fsp3) is 0.389. The zero-order valence-electron chi connectivity index (χ0n) is 13.2. The molecule has 0 aliphatic carbocycles. The Hall–Kier alpha value is -1.71. The van der Waals surface area contributed by atoms with Gasteiger partial charge < -0.3 is 10.6 Å². The number of rotatable bonds is 6. The lowest BCUT2D eigenvalue weighted by atomic mass is 9.96. The second kappa shape index (κ2) is 7.34. The maximum absolute atomic E-state index is 5.66. The largest absolute Gasteiger partial charge is 0.330 e. The van der Waals surface area contributed by atoms with Crippen molar-refractivity contribution < 1.29 is 0 Å². The van der Waals surface area contributed by atoms with Gasteiger partial charge >= 0.3 is 0 Å². The van der Waals surface area contributed by atoms with E-state index in [1.165, 1.54) is 22.3 Å². The molecule has 0 saturated heterocycles. The molecular formula is C18H25N3. The zero-order valence-corrected chi connectivity index (χ0v) is 13.2. The first kappa shape index (κ1) is 15.7. The second-order valence-electron chi connectivity index (χ2n) is 5.92. The number of nitrogens with two attached hydrogens (primary N) is 1. The molecule has 3 nitrogen and oxygen atoms in total. The lowest BCUT2D eigenvalue weighted by Crippen LogP contribution is -2.10. The van der Waals surface area contributed by atoms with Crippen LogP contribution in [0.2, 0.25) is 0 Å². The maximum atomic E-state index is 5.66. The van der Waals surface area contributed by atoms with Crippen molar-refractivity contribution in [2.75, 3.05) is 20.6 Å². The van der Waals surface area contributed by atoms with Gasteiger partial charge in [0.25, 0.3) is 0 Å². The molecular weight excluding hydrogens is 258 g/mol. The highest BCUT2D eigenvalue weighted by Gasteiger charge is 2.07. The van der Waals surface area contributed by atoms with E-state index in [-0.39, 0.29) is 0 Å². The van der Waals surface area contributed by atoms with Crippen LogP contribution < -0.4 is 5.73 Å². The summed E-state index contributed by atoms with van der Waals surface area (Å²) in [6.45, 7) is 3.87. The highest BCUT2D eigenvalue weighted by Crippen LogP contribution is 2.25. The van der Waals surface area contributed by atoms with E-state index in [0.29, 0.717) is 12.5 Å². The normalized spacial score (nSPS) is 12.6. The van der Waals surface area contributed by atoms with Crippen molar-refractivity contribution in [3.05, 3.63) is 53.9 Å². The summed E-state index contributed by atoms with van der Waals surface area (Å²) in [5, 5.41) is 0. The van der Waals surface area contributed by atoms with Crippen LogP contribution in [0.1, 0.15) is 30.4 Å². The van der Waals surface area contributed by atoms with Crippen LogP contribution in [0.5, 0.6) is 0 Å². The Balaban J connectivity index is 2.27. The van der Waals surface area contributed by atoms with Crippen molar-refractivity contribution in [2.45, 2.75) is 25.8 Å². The molecule has 2 aromatic rings. The molecule has 1 aromatic carbocycles. The van der Waals surface area contributed by atoms with Gasteiger partial charge in [0.15, 0.2) is 0 Å². The van der Waals surface area contributed by atoms with Crippen LogP contribution in [-0.4, -0.2) is 30.5 Å². The number of nitrogens with zero attached hydrogens (tertiary/aromatic N) is 2. The molecule has 112 valence electrons. The molecule has 0 spiro atoms. The van der Waals surface area contributed by atoms with Crippen molar-refractivity contribution in [3.63, 3.8) is 0 Å². The smallest absolute Gasteiger partial charge is 0.0346 e. The zero-order chi connectivity index (χ0) is 15.2. The monoisotopic (exact) mass is 283 g/mol. The third-order valence-electron chi connectivity index (χ3n) is 3.69. The molecule has 0 bridgehead atoms. The van der Waals surface area contributed by atoms with Gasteiger partial charge in [-0.05, 0) is 61.8 Å². The fourth-order valence-electron chi connectivity index (χ4n) is 2.52. The van der Waals surface area contributed by atoms with Crippen molar-refractivity contribution in [1.29, 1.82) is 0 Å². The highest BCUT2D eigenvalue weighted by atomic mass is 15.0. The van der Waals surface area contributed by atoms with Gasteiger partial charge in [-0.3, -0.25) is 4.98 Å². The lowest BCUT2D eigenvalue weighted by Gasteiger charge is -2.13. The van der Waals surface area contributed by atoms with Gasteiger partial charge in [0.1, 0.15) is 0 Å². The highest BCUT2D eigenvalue weighted by molar-refractivity contribution is 5.64. The molecule has 21 heavy (non-hydrogen) atoms. The van der Waals surface area contributed by atoms with Crippen molar-refractivity contribution in [1.82, 2.24) is 9.88 Å². The first-order chi connectivity index (χ1) is 10.1. The Kier molecular flexibility index (Phi) is 5.48. The molecule has 1 unspecified atom stereocenters. The van der Waals surface area contributed by atoms with Crippen LogP contribution in [0.25, 0.3) is 11.1 Å². The molecule has 0 aliphatic heterocycles. The Bertz CT molecular complexity index is 578. The van der Waals surface area contributed by atoms with E-state index in [2.05, 4.69) is 61.2 Å². The van der Waals surface area contributed by atoms with Gasteiger partial charge in [0.05, 0.1) is 0 Å². The summed E-state index contributed by atoms with van der Waals surface area (Å²) in [4.78, 5) is 6.58.